The van der Waals surface area contributed by atoms with Gasteiger partial charge in [0, 0.05) is 5.39 Å². The third-order valence-electron chi connectivity index (χ3n) is 2.44. The first-order valence-corrected chi connectivity index (χ1v) is 5.26. The molecule has 2 aromatic rings. The highest BCUT2D eigenvalue weighted by atomic mass is 35.5. The third-order valence-corrected chi connectivity index (χ3v) is 2.76. The molecule has 0 N–H and O–H groups in total. The number of ether oxygens (including phenoxy) is 1. The van der Waals surface area contributed by atoms with E-state index in [1.807, 2.05) is 18.2 Å². The van der Waals surface area contributed by atoms with Gasteiger partial charge in [0.1, 0.15) is 16.4 Å². The summed E-state index contributed by atoms with van der Waals surface area (Å²) in [6.45, 7) is 2.06. The Morgan fingerprint density at radius 1 is 1.40 bits per heavy atom. The Hall–Kier alpha value is -1.28. The minimum Gasteiger partial charge on any atom is -0.494 e. The van der Waals surface area contributed by atoms with Crippen molar-refractivity contribution < 1.29 is 4.74 Å². The van der Waals surface area contributed by atoms with E-state index in [0.717, 1.165) is 28.6 Å². The van der Waals surface area contributed by atoms with Crippen LogP contribution in [0.1, 0.15) is 12.5 Å². The molecule has 0 saturated heterocycles. The summed E-state index contributed by atoms with van der Waals surface area (Å²) >= 11 is 6.07. The van der Waals surface area contributed by atoms with Crippen LogP contribution in [0.25, 0.3) is 10.9 Å². The highest BCUT2D eigenvalue weighted by Gasteiger charge is 2.06. The number of fused-ring (bicyclic) bond motifs is 1. The summed E-state index contributed by atoms with van der Waals surface area (Å²) in [4.78, 5) is 4.36. The number of halogens is 1. The summed E-state index contributed by atoms with van der Waals surface area (Å²) in [7, 11) is 1.64. The van der Waals surface area contributed by atoms with E-state index in [9.17, 15) is 0 Å². The molecule has 1 aromatic carbocycles. The van der Waals surface area contributed by atoms with Gasteiger partial charge in [-0.05, 0) is 24.1 Å². The number of methoxy groups -OCH3 is 1. The van der Waals surface area contributed by atoms with Crippen molar-refractivity contribution in [1.82, 2.24) is 4.98 Å². The molecule has 0 radical (unpaired) electrons. The molecule has 78 valence electrons. The first-order chi connectivity index (χ1) is 7.26. The second kappa shape index (κ2) is 4.07. The number of nitrogens with zero attached hydrogens (tertiary/aromatic N) is 1. The third kappa shape index (κ3) is 1.77. The number of para-hydroxylation sites is 1. The van der Waals surface area contributed by atoms with Gasteiger partial charge < -0.3 is 4.74 Å². The molecule has 1 aromatic heterocycles. The van der Waals surface area contributed by atoms with E-state index in [1.165, 1.54) is 0 Å². The van der Waals surface area contributed by atoms with Crippen LogP contribution >= 0.6 is 11.6 Å². The van der Waals surface area contributed by atoms with E-state index in [-0.39, 0.29) is 0 Å². The Bertz CT molecular complexity index is 496. The lowest BCUT2D eigenvalue weighted by Gasteiger charge is -2.07. The molecule has 0 aliphatic rings. The number of pyridine rings is 1. The van der Waals surface area contributed by atoms with Crippen molar-refractivity contribution in [3.63, 3.8) is 0 Å². The maximum absolute atomic E-state index is 6.07. The lowest BCUT2D eigenvalue weighted by Crippen LogP contribution is -1.91. The zero-order valence-electron chi connectivity index (χ0n) is 8.75. The van der Waals surface area contributed by atoms with E-state index >= 15 is 0 Å². The standard InChI is InChI=1S/C12H12ClNO/c1-3-8-7-9-5-4-6-10(15-2)11(9)14-12(8)13/h4-7H,3H2,1-2H3. The first kappa shape index (κ1) is 10.2. The summed E-state index contributed by atoms with van der Waals surface area (Å²) in [5.74, 6) is 0.761. The van der Waals surface area contributed by atoms with Gasteiger partial charge in [-0.25, -0.2) is 4.98 Å². The average Bonchev–Trinajstić information content (AvgIpc) is 2.27. The molecular weight excluding hydrogens is 210 g/mol. The van der Waals surface area contributed by atoms with Gasteiger partial charge in [0.15, 0.2) is 0 Å². The van der Waals surface area contributed by atoms with E-state index in [0.29, 0.717) is 5.15 Å². The van der Waals surface area contributed by atoms with Gasteiger partial charge in [-0.3, -0.25) is 0 Å². The van der Waals surface area contributed by atoms with Gasteiger partial charge in [0.05, 0.1) is 7.11 Å². The molecule has 3 heteroatoms. The minimum atomic E-state index is 0.564. The number of aryl methyl sites for hydroxylation is 1. The van der Waals surface area contributed by atoms with Crippen LogP contribution in [-0.2, 0) is 6.42 Å². The van der Waals surface area contributed by atoms with Crippen molar-refractivity contribution in [3.05, 3.63) is 35.0 Å². The predicted molar refractivity (Wildman–Crippen MR) is 62.7 cm³/mol. The highest BCUT2D eigenvalue weighted by molar-refractivity contribution is 6.30. The summed E-state index contributed by atoms with van der Waals surface area (Å²) in [5.41, 5.74) is 1.89. The zero-order chi connectivity index (χ0) is 10.8. The molecule has 15 heavy (non-hydrogen) atoms. The van der Waals surface area contributed by atoms with Gasteiger partial charge >= 0.3 is 0 Å². The number of benzene rings is 1. The molecule has 0 aliphatic heterocycles. The van der Waals surface area contributed by atoms with Crippen molar-refractivity contribution in [1.29, 1.82) is 0 Å². The SMILES string of the molecule is CCc1cc2cccc(OC)c2nc1Cl. The normalized spacial score (nSPS) is 10.6. The molecule has 0 saturated carbocycles. The molecule has 0 unspecified atom stereocenters. The molecule has 0 bridgehead atoms. The Morgan fingerprint density at radius 3 is 2.87 bits per heavy atom. The summed E-state index contributed by atoms with van der Waals surface area (Å²) in [5, 5.41) is 1.63. The lowest BCUT2D eigenvalue weighted by atomic mass is 10.1. The number of hydrogen-bond acceptors (Lipinski definition) is 2. The van der Waals surface area contributed by atoms with Crippen LogP contribution in [-0.4, -0.2) is 12.1 Å². The van der Waals surface area contributed by atoms with Crippen LogP contribution in [0.4, 0.5) is 0 Å². The monoisotopic (exact) mass is 221 g/mol. The molecule has 0 atom stereocenters. The van der Waals surface area contributed by atoms with E-state index in [2.05, 4.69) is 18.0 Å². The maximum atomic E-state index is 6.07. The fourth-order valence-corrected chi connectivity index (χ4v) is 1.88. The van der Waals surface area contributed by atoms with Crippen molar-refractivity contribution in [2.75, 3.05) is 7.11 Å². The van der Waals surface area contributed by atoms with Crippen LogP contribution in [0.3, 0.4) is 0 Å². The average molecular weight is 222 g/mol. The van der Waals surface area contributed by atoms with Crippen molar-refractivity contribution in [2.24, 2.45) is 0 Å². The predicted octanol–water partition coefficient (Wildman–Crippen LogP) is 3.46. The van der Waals surface area contributed by atoms with Crippen LogP contribution < -0.4 is 4.74 Å². The molecular formula is C12H12ClNO. The molecule has 0 amide bonds. The number of hydrogen-bond donors (Lipinski definition) is 0. The molecule has 0 fully saturated rings. The first-order valence-electron chi connectivity index (χ1n) is 4.88. The van der Waals surface area contributed by atoms with Gasteiger partial charge in [-0.1, -0.05) is 30.7 Å². The van der Waals surface area contributed by atoms with Gasteiger partial charge in [0.25, 0.3) is 0 Å². The second-order valence-electron chi connectivity index (χ2n) is 3.32. The molecule has 1 heterocycles. The van der Waals surface area contributed by atoms with Crippen LogP contribution in [0.15, 0.2) is 24.3 Å². The number of aromatic nitrogens is 1. The minimum absolute atomic E-state index is 0.564. The lowest BCUT2D eigenvalue weighted by molar-refractivity contribution is 0.419. The Labute approximate surface area is 93.8 Å². The van der Waals surface area contributed by atoms with Gasteiger partial charge in [-0.15, -0.1) is 0 Å². The fraction of sp³-hybridized carbons (Fsp3) is 0.250. The largest absolute Gasteiger partial charge is 0.494 e. The Morgan fingerprint density at radius 2 is 2.20 bits per heavy atom. The van der Waals surface area contributed by atoms with Crippen molar-refractivity contribution in [3.8, 4) is 5.75 Å². The second-order valence-corrected chi connectivity index (χ2v) is 3.68. The van der Waals surface area contributed by atoms with E-state index < -0.39 is 0 Å². The van der Waals surface area contributed by atoms with Crippen LogP contribution in [0.2, 0.25) is 5.15 Å². The van der Waals surface area contributed by atoms with Crippen molar-refractivity contribution >= 4 is 22.5 Å². The van der Waals surface area contributed by atoms with Crippen LogP contribution in [0, 0.1) is 0 Å². The molecule has 2 nitrogen and oxygen atoms in total. The smallest absolute Gasteiger partial charge is 0.145 e. The molecule has 0 spiro atoms. The zero-order valence-corrected chi connectivity index (χ0v) is 9.51. The summed E-state index contributed by atoms with van der Waals surface area (Å²) in [6.07, 6.45) is 0.888. The van der Waals surface area contributed by atoms with E-state index in [1.54, 1.807) is 7.11 Å². The summed E-state index contributed by atoms with van der Waals surface area (Å²) < 4.78 is 5.23. The molecule has 2 rings (SSSR count). The van der Waals surface area contributed by atoms with Crippen molar-refractivity contribution in [2.45, 2.75) is 13.3 Å². The quantitative estimate of drug-likeness (QED) is 0.725. The number of rotatable bonds is 2. The molecule has 0 aliphatic carbocycles. The van der Waals surface area contributed by atoms with Gasteiger partial charge in [-0.2, -0.15) is 0 Å². The Kier molecular flexibility index (Phi) is 2.78. The highest BCUT2D eigenvalue weighted by Crippen LogP contribution is 2.27. The van der Waals surface area contributed by atoms with Gasteiger partial charge in [0.2, 0.25) is 0 Å². The topological polar surface area (TPSA) is 22.1 Å². The Balaban J connectivity index is 2.74. The van der Waals surface area contributed by atoms with E-state index in [4.69, 9.17) is 16.3 Å². The van der Waals surface area contributed by atoms with Crippen LogP contribution in [0.5, 0.6) is 5.75 Å². The summed E-state index contributed by atoms with van der Waals surface area (Å²) in [6, 6.07) is 7.92. The fourth-order valence-electron chi connectivity index (χ4n) is 1.61. The maximum Gasteiger partial charge on any atom is 0.145 e.